The number of rotatable bonds is 2. The van der Waals surface area contributed by atoms with Gasteiger partial charge in [-0.1, -0.05) is 0 Å². The van der Waals surface area contributed by atoms with Gasteiger partial charge in [0, 0.05) is 6.07 Å². The number of benzene rings is 1. The van der Waals surface area contributed by atoms with Crippen LogP contribution in [0.1, 0.15) is 5.56 Å². The molecule has 0 aliphatic carbocycles. The number of hydrogen-bond acceptors (Lipinski definition) is 5. The Kier molecular flexibility index (Phi) is 3.23. The van der Waals surface area contributed by atoms with Gasteiger partial charge in [-0.05, 0) is 6.07 Å². The van der Waals surface area contributed by atoms with E-state index in [2.05, 4.69) is 0 Å². The number of nitrogens with two attached hydrogens (primary N) is 1. The number of nitrogens with zero attached hydrogens (tertiary/aromatic N) is 1. The van der Waals surface area contributed by atoms with Gasteiger partial charge >= 0.3 is 6.18 Å². The fourth-order valence-electron chi connectivity index (χ4n) is 1.14. The van der Waals surface area contributed by atoms with E-state index in [4.69, 9.17) is 10.3 Å². The molecule has 0 amide bonds. The Morgan fingerprint density at radius 3 is 2.17 bits per heavy atom. The van der Waals surface area contributed by atoms with Crippen molar-refractivity contribution in [1.29, 1.82) is 0 Å². The molecule has 11 heteroatoms. The van der Waals surface area contributed by atoms with Crippen LogP contribution in [0.2, 0.25) is 0 Å². The van der Waals surface area contributed by atoms with Crippen molar-refractivity contribution in [2.45, 2.75) is 11.1 Å². The van der Waals surface area contributed by atoms with Gasteiger partial charge in [0.1, 0.15) is 10.6 Å². The highest BCUT2D eigenvalue weighted by molar-refractivity contribution is 7.86. The molecule has 3 N–H and O–H groups in total. The molecule has 0 saturated heterocycles. The minimum Gasteiger partial charge on any atom is -0.392 e. The van der Waals surface area contributed by atoms with Gasteiger partial charge in [-0.2, -0.15) is 21.6 Å². The summed E-state index contributed by atoms with van der Waals surface area (Å²) >= 11 is 0. The molecular weight excluding hydrogens is 281 g/mol. The van der Waals surface area contributed by atoms with E-state index < -0.39 is 43.1 Å². The second-order valence-corrected chi connectivity index (χ2v) is 4.53. The minimum absolute atomic E-state index is 0.0255. The molecule has 0 heterocycles. The summed E-state index contributed by atoms with van der Waals surface area (Å²) in [6.07, 6.45) is -5.02. The van der Waals surface area contributed by atoms with Crippen LogP contribution < -0.4 is 5.73 Å². The zero-order valence-electron chi connectivity index (χ0n) is 8.30. The summed E-state index contributed by atoms with van der Waals surface area (Å²) in [7, 11) is -5.10. The molecule has 0 fully saturated rings. The van der Waals surface area contributed by atoms with E-state index in [0.717, 1.165) is 0 Å². The van der Waals surface area contributed by atoms with E-state index in [1.54, 1.807) is 0 Å². The SMILES string of the molecule is Nc1c([N+](=O)[O-])cc(C(F)(F)F)cc1S(=O)(=O)O. The van der Waals surface area contributed by atoms with Gasteiger partial charge in [-0.25, -0.2) is 0 Å². The standard InChI is InChI=1S/C7H5F3N2O5S/c8-7(9,10)3-1-4(12(13)14)6(11)5(2-3)18(15,16)17/h1-2H,11H2,(H,15,16,17). The number of alkyl halides is 3. The van der Waals surface area contributed by atoms with Crippen LogP contribution in [0.4, 0.5) is 24.5 Å². The summed E-state index contributed by atoms with van der Waals surface area (Å²) < 4.78 is 67.4. The topological polar surface area (TPSA) is 124 Å². The van der Waals surface area contributed by atoms with Crippen molar-refractivity contribution in [3.63, 3.8) is 0 Å². The number of anilines is 1. The van der Waals surface area contributed by atoms with E-state index >= 15 is 0 Å². The van der Waals surface area contributed by atoms with Gasteiger partial charge in [-0.15, -0.1) is 0 Å². The highest BCUT2D eigenvalue weighted by Crippen LogP contribution is 2.37. The molecule has 0 atom stereocenters. The van der Waals surface area contributed by atoms with E-state index in [1.165, 1.54) is 0 Å². The number of nitrogen functional groups attached to an aromatic ring is 1. The summed E-state index contributed by atoms with van der Waals surface area (Å²) in [6.45, 7) is 0. The first-order chi connectivity index (χ1) is 7.94. The molecule has 18 heavy (non-hydrogen) atoms. The Bertz CT molecular complexity index is 610. The van der Waals surface area contributed by atoms with E-state index in [-0.39, 0.29) is 12.1 Å². The predicted octanol–water partition coefficient (Wildman–Crippen LogP) is 1.44. The van der Waals surface area contributed by atoms with Crippen LogP contribution in [0.25, 0.3) is 0 Å². The van der Waals surface area contributed by atoms with E-state index in [1.807, 2.05) is 0 Å². The Hall–Kier alpha value is -1.88. The van der Waals surface area contributed by atoms with Gasteiger partial charge in [0.2, 0.25) is 0 Å². The van der Waals surface area contributed by atoms with E-state index in [0.29, 0.717) is 0 Å². The maximum Gasteiger partial charge on any atom is 0.416 e. The summed E-state index contributed by atoms with van der Waals surface area (Å²) in [5.41, 5.74) is 1.12. The second kappa shape index (κ2) is 4.10. The third-order valence-corrected chi connectivity index (χ3v) is 2.82. The third kappa shape index (κ3) is 2.68. The average molecular weight is 286 g/mol. The van der Waals surface area contributed by atoms with Crippen molar-refractivity contribution in [1.82, 2.24) is 0 Å². The van der Waals surface area contributed by atoms with Crippen molar-refractivity contribution in [3.8, 4) is 0 Å². The first-order valence-electron chi connectivity index (χ1n) is 4.07. The fraction of sp³-hybridized carbons (Fsp3) is 0.143. The molecule has 0 bridgehead atoms. The van der Waals surface area contributed by atoms with Gasteiger partial charge in [0.05, 0.1) is 10.5 Å². The summed E-state index contributed by atoms with van der Waals surface area (Å²) in [4.78, 5) is 7.83. The van der Waals surface area contributed by atoms with Crippen LogP contribution in [0.15, 0.2) is 17.0 Å². The average Bonchev–Trinajstić information content (AvgIpc) is 2.13. The van der Waals surface area contributed by atoms with Gasteiger partial charge < -0.3 is 5.73 Å². The van der Waals surface area contributed by atoms with Crippen molar-refractivity contribution >= 4 is 21.5 Å². The van der Waals surface area contributed by atoms with Crippen molar-refractivity contribution < 1.29 is 31.1 Å². The zero-order valence-corrected chi connectivity index (χ0v) is 9.12. The molecule has 1 aromatic carbocycles. The lowest BCUT2D eigenvalue weighted by Crippen LogP contribution is -2.12. The first-order valence-corrected chi connectivity index (χ1v) is 5.51. The van der Waals surface area contributed by atoms with Crippen LogP contribution in [0.3, 0.4) is 0 Å². The van der Waals surface area contributed by atoms with Crippen molar-refractivity contribution in [3.05, 3.63) is 27.8 Å². The highest BCUT2D eigenvalue weighted by Gasteiger charge is 2.36. The molecule has 0 unspecified atom stereocenters. The molecule has 1 aromatic rings. The molecule has 7 nitrogen and oxygen atoms in total. The number of halogens is 3. The molecule has 1 rings (SSSR count). The van der Waals surface area contributed by atoms with Gasteiger partial charge in [-0.3, -0.25) is 14.7 Å². The summed E-state index contributed by atoms with van der Waals surface area (Å²) in [5.74, 6) is 0. The van der Waals surface area contributed by atoms with Crippen LogP contribution in [0, 0.1) is 10.1 Å². The largest absolute Gasteiger partial charge is 0.416 e. The molecule has 0 spiro atoms. The van der Waals surface area contributed by atoms with Crippen LogP contribution in [-0.2, 0) is 16.3 Å². The molecule has 100 valence electrons. The monoisotopic (exact) mass is 286 g/mol. The predicted molar refractivity (Wildman–Crippen MR) is 52.3 cm³/mol. The smallest absolute Gasteiger partial charge is 0.392 e. The third-order valence-electron chi connectivity index (χ3n) is 1.92. The molecule has 0 saturated carbocycles. The Morgan fingerprint density at radius 1 is 1.33 bits per heavy atom. The highest BCUT2D eigenvalue weighted by atomic mass is 32.2. The Morgan fingerprint density at radius 2 is 1.83 bits per heavy atom. The maximum atomic E-state index is 12.4. The minimum atomic E-state index is -5.10. The summed E-state index contributed by atoms with van der Waals surface area (Å²) in [6, 6.07) is 0.113. The molecule has 0 aliphatic rings. The normalized spacial score (nSPS) is 12.4. The van der Waals surface area contributed by atoms with Crippen LogP contribution >= 0.6 is 0 Å². The summed E-state index contributed by atoms with van der Waals surface area (Å²) in [5, 5.41) is 10.5. The van der Waals surface area contributed by atoms with Gasteiger partial charge in [0.15, 0.2) is 0 Å². The Balaban J connectivity index is 3.74. The molecular formula is C7H5F3N2O5S. The van der Waals surface area contributed by atoms with Crippen molar-refractivity contribution in [2.24, 2.45) is 0 Å². The van der Waals surface area contributed by atoms with E-state index in [9.17, 15) is 31.7 Å². The number of nitro benzene ring substituents is 1. The molecule has 0 aromatic heterocycles. The van der Waals surface area contributed by atoms with Crippen LogP contribution in [-0.4, -0.2) is 17.9 Å². The lowest BCUT2D eigenvalue weighted by Gasteiger charge is -2.10. The lowest BCUT2D eigenvalue weighted by molar-refractivity contribution is -0.384. The maximum absolute atomic E-state index is 12.4. The Labute approximate surface area is 97.9 Å². The zero-order chi connectivity index (χ0) is 14.3. The fourth-order valence-corrected chi connectivity index (χ4v) is 1.80. The van der Waals surface area contributed by atoms with Gasteiger partial charge in [0.25, 0.3) is 15.8 Å². The van der Waals surface area contributed by atoms with Crippen LogP contribution in [0.5, 0.6) is 0 Å². The molecule has 0 radical (unpaired) electrons. The quantitative estimate of drug-likeness (QED) is 0.367. The number of hydrogen-bond donors (Lipinski definition) is 2. The molecule has 0 aliphatic heterocycles. The number of nitro groups is 1. The second-order valence-electron chi connectivity index (χ2n) is 3.14. The lowest BCUT2D eigenvalue weighted by atomic mass is 10.1. The first kappa shape index (κ1) is 14.2. The van der Waals surface area contributed by atoms with Crippen molar-refractivity contribution in [2.75, 3.05) is 5.73 Å².